The van der Waals surface area contributed by atoms with Gasteiger partial charge in [0.15, 0.2) is 39.7 Å². The van der Waals surface area contributed by atoms with Gasteiger partial charge in [-0.3, -0.25) is 34.7 Å². The van der Waals surface area contributed by atoms with Crippen molar-refractivity contribution in [2.24, 2.45) is 4.30 Å². The van der Waals surface area contributed by atoms with Crippen LogP contribution < -0.4 is 10.9 Å². The molecule has 1 radical (unpaired) electrons. The Morgan fingerprint density at radius 1 is 0.508 bits per heavy atom. The number of furan rings is 5. The number of carbonyl (C=O) groups excluding carboxylic acids is 1. The number of aromatic nitrogens is 10. The maximum absolute atomic E-state index is 10.1. The van der Waals surface area contributed by atoms with Gasteiger partial charge in [0.2, 0.25) is 0 Å². The zero-order valence-electron chi connectivity index (χ0n) is 74.9. The first kappa shape index (κ1) is 126. The maximum Gasteiger partial charge on any atom is 2.00 e. The summed E-state index contributed by atoms with van der Waals surface area (Å²) in [6.07, 6.45) is 19.9. The predicted octanol–water partition coefficient (Wildman–Crippen LogP) is 26.0. The SMILES string of the molecule is CCc1nc(-c2ccccn2)c(O)cc1C.CCc1nc(-c2ccccn2)c(Oc2ccnc(Cl)c2)cc1C.CCc1oc(C(O)c2ccccn2)cc1C.CCc1oc(C(O)c2ccccn2)cc1C.Cc1cc(C(O)c2ccccn2)oc1Br.Cc1ccoc1.Cc1ccoc1Br.Clc1ccnc(Cl)c1.N.O.O=Cc1ccccn1.[B]=NS.[Br][Al]([Br])[Br].[CH2-]C.[CH2-]C.[O]=[Mn]=[O].[Zn+2]. The molecule has 39 heteroatoms. The number of aliphatic hydroxyl groups is 3. The van der Waals surface area contributed by atoms with Gasteiger partial charge in [-0.05, 0) is 254 Å². The van der Waals surface area contributed by atoms with Gasteiger partial charge in [-0.2, -0.15) is 56.0 Å². The number of aryl methyl sites for hydroxylation is 11. The minimum absolute atomic E-state index is 0. The normalized spacial score (nSPS) is 10.1. The number of aromatic hydroxyl groups is 1. The zero-order valence-corrected chi connectivity index (χ0v) is 91.3. The van der Waals surface area contributed by atoms with Crippen molar-refractivity contribution in [3.8, 4) is 40.0 Å². The summed E-state index contributed by atoms with van der Waals surface area (Å²) >= 11 is 34.8. The van der Waals surface area contributed by atoms with E-state index in [2.05, 4.69) is 171 Å². The fourth-order valence-electron chi connectivity index (χ4n) is 10.3. The van der Waals surface area contributed by atoms with Gasteiger partial charge in [-0.1, -0.05) is 98.9 Å². The molecule has 0 saturated carbocycles. The van der Waals surface area contributed by atoms with Crippen molar-refractivity contribution in [3.05, 3.63) is 385 Å². The molecule has 15 aromatic rings. The largest absolute Gasteiger partial charge is 2.00 e. The minimum Gasteiger partial charge on any atom is 2.00 e. The third-order valence-corrected chi connectivity index (χ3v) is 18.5. The molecule has 0 bridgehead atoms. The summed E-state index contributed by atoms with van der Waals surface area (Å²) in [5.74, 6) is 4.93. The fraction of sp³-hybridized carbons (Fsp3) is 0.215. The van der Waals surface area contributed by atoms with Crippen molar-refractivity contribution in [2.45, 2.75) is 134 Å². The van der Waals surface area contributed by atoms with E-state index in [1.807, 2.05) is 159 Å². The number of halogens is 8. The first-order chi connectivity index (χ1) is 62.0. The Morgan fingerprint density at radius 2 is 0.909 bits per heavy atom. The van der Waals surface area contributed by atoms with Crippen molar-refractivity contribution in [2.75, 3.05) is 0 Å². The number of hydrogen-bond donors (Lipinski definition) is 6. The monoisotopic (exact) mass is 2300 g/mol. The second-order valence-electron chi connectivity index (χ2n) is 25.3. The number of hydrogen-bond acceptors (Lipinski definition) is 26. The van der Waals surface area contributed by atoms with Crippen LogP contribution in [0.4, 0.5) is 0 Å². The molecule has 15 rings (SSSR count). The molecule has 698 valence electrons. The number of rotatable bonds is 15. The number of aldehydes is 1. The first-order valence-electron chi connectivity index (χ1n) is 39.1. The van der Waals surface area contributed by atoms with Gasteiger partial charge in [0, 0.05) is 96.0 Å². The van der Waals surface area contributed by atoms with Gasteiger partial charge >= 0.3 is 75.4 Å². The second kappa shape index (κ2) is 74.0. The second-order valence-corrected chi connectivity index (χ2v) is 48.2. The van der Waals surface area contributed by atoms with Gasteiger partial charge in [0.1, 0.15) is 67.7 Å². The van der Waals surface area contributed by atoms with Crippen molar-refractivity contribution in [1.82, 2.24) is 56.0 Å². The molecule has 0 aliphatic rings. The molecule has 0 spiro atoms. The van der Waals surface area contributed by atoms with E-state index in [-0.39, 0.29) is 36.9 Å². The summed E-state index contributed by atoms with van der Waals surface area (Å²) in [6.45, 7) is 32.0. The maximum atomic E-state index is 10.1. The van der Waals surface area contributed by atoms with Crippen molar-refractivity contribution < 1.29 is 99.5 Å². The average molecular weight is 2310 g/mol. The Hall–Kier alpha value is -8.27. The number of ether oxygens (including phenoxy) is 1. The van der Waals surface area contributed by atoms with E-state index in [0.29, 0.717) is 82.9 Å². The Bertz CT molecular complexity index is 5480. The molecule has 26 nitrogen and oxygen atoms in total. The van der Waals surface area contributed by atoms with E-state index in [1.165, 1.54) is 5.56 Å². The number of carbonyl (C=O) groups is 1. The molecule has 9 N–H and O–H groups in total. The van der Waals surface area contributed by atoms with Gasteiger partial charge < -0.3 is 72.7 Å². The summed E-state index contributed by atoms with van der Waals surface area (Å²) in [5.41, 5.74) is 14.6. The van der Waals surface area contributed by atoms with Crippen LogP contribution in [0.2, 0.25) is 15.3 Å². The van der Waals surface area contributed by atoms with Crippen molar-refractivity contribution >= 4 is 144 Å². The van der Waals surface area contributed by atoms with Crippen LogP contribution in [0.3, 0.4) is 0 Å². The zero-order chi connectivity index (χ0) is 96.2. The molecule has 0 fully saturated rings. The third kappa shape index (κ3) is 48.8. The summed E-state index contributed by atoms with van der Waals surface area (Å²) in [6, 6.07) is 52.6. The molecule has 0 aromatic carbocycles. The number of thiol groups is 1. The van der Waals surface area contributed by atoms with E-state index >= 15 is 0 Å². The summed E-state index contributed by atoms with van der Waals surface area (Å²) in [5, 5.41) is 41.4. The molecule has 3 unspecified atom stereocenters. The molecule has 0 amide bonds. The molecule has 15 heterocycles. The topological polar surface area (TPSA) is 415 Å². The predicted molar refractivity (Wildman–Crippen MR) is 536 cm³/mol. The number of pyridine rings is 10. The molecule has 0 aliphatic carbocycles. The van der Waals surface area contributed by atoms with Crippen LogP contribution in [0, 0.1) is 62.3 Å². The molecule has 0 aliphatic heterocycles. The first-order valence-corrected chi connectivity index (χ1v) is 52.8. The van der Waals surface area contributed by atoms with Crippen LogP contribution in [0.25, 0.3) is 22.8 Å². The Labute approximate surface area is 854 Å². The quantitative estimate of drug-likeness (QED) is 0.0182. The molecular weight excluding hydrogens is 2210 g/mol. The van der Waals surface area contributed by atoms with E-state index in [1.54, 1.807) is 161 Å². The number of nitrogens with zero attached hydrogens (tertiary/aromatic N) is 11. The molecule has 15 aromatic heterocycles. The fourth-order valence-corrected chi connectivity index (χ4v) is 11.3. The number of aliphatic hydroxyl groups excluding tert-OH is 3. The summed E-state index contributed by atoms with van der Waals surface area (Å²) in [4.78, 5) is 51.4. The molecule has 132 heavy (non-hydrogen) atoms. The van der Waals surface area contributed by atoms with E-state index in [0.717, 1.165) is 104 Å². The van der Waals surface area contributed by atoms with Gasteiger partial charge in [0.05, 0.1) is 47.3 Å². The average Bonchev–Trinajstić information content (AvgIpc) is 1.20. The van der Waals surface area contributed by atoms with Gasteiger partial charge in [0.25, 0.3) is 0 Å². The minimum atomic E-state index is -1.44. The smallest absolute Gasteiger partial charge is 2.00 e. The summed E-state index contributed by atoms with van der Waals surface area (Å²) < 4.78 is 53.1. The van der Waals surface area contributed by atoms with Crippen molar-refractivity contribution in [3.63, 3.8) is 0 Å². The van der Waals surface area contributed by atoms with Crippen LogP contribution in [-0.2, 0) is 67.7 Å². The van der Waals surface area contributed by atoms with Crippen LogP contribution >= 0.6 is 122 Å². The Balaban J connectivity index is 0. The van der Waals surface area contributed by atoms with Crippen LogP contribution in [-0.4, -0.2) is 98.3 Å². The Morgan fingerprint density at radius 3 is 1.20 bits per heavy atom. The molecule has 3 atom stereocenters. The van der Waals surface area contributed by atoms with Crippen LogP contribution in [0.5, 0.6) is 17.2 Å². The molecular formula is C93H105AlBBr5Cl3MnN12O14SZn. The third-order valence-electron chi connectivity index (χ3n) is 16.3. The standard InChI is InChI=1S/C18H16ClN3O.C13H14N2O.2C13H15NO2.C11H10BrNO2.C6H5NO.C5H5BrO.C5H3Cl2N.C5H6O.2C2H5.Al.BHNS.3BrH.Mn.H3N.H2O.2O.Zn/c1-3-14-12(2)10-16(23-13-7-9-21-17(19)11-13)18(22-14)15-6-4-5-8-20-15;1-3-10-9(2)8-12(16)13(15-10)11-6-4-5-7-14-11;2*1-3-11-9(2)8-12(16-11)13(15)10-6-4-5-7-14-10;1-7-6-9(15-11(7)12)10(14)8-4-2-3-5-13-8;8-5-6-3-1-2-4-7-6;1-4-2-3-7-5(4)6;6-4-1-2-8-5(7)3-4;1-5-2-3-6-4-5;2*1-2;;1-2-3;;;;;;;;;/h4-11H,3H2,1-2H3;4-8,16H,3H2,1-2H3;2*4-8,13,15H,3H2,1-2H3;2-6,10,14H,1H3;1-5H;2-3H,1H3;1-3H;2-4H,1H3;2*1H2,2H3;;3H;3*1H;;1H3;1H2;;;/q;;;;;;;;;2*-1;+3;;;;;;;;;;+2/p-3. The van der Waals surface area contributed by atoms with Gasteiger partial charge in [-0.25, -0.2) is 19.9 Å². The summed E-state index contributed by atoms with van der Waals surface area (Å²) in [7, 11) is 3.64. The van der Waals surface area contributed by atoms with E-state index < -0.39 is 41.8 Å². The van der Waals surface area contributed by atoms with Crippen LogP contribution in [0.1, 0.15) is 167 Å². The van der Waals surface area contributed by atoms with E-state index in [4.69, 9.17) is 74.3 Å². The van der Waals surface area contributed by atoms with E-state index in [9.17, 15) is 25.2 Å². The van der Waals surface area contributed by atoms with Crippen LogP contribution in [0.15, 0.2) is 280 Å². The van der Waals surface area contributed by atoms with Gasteiger partial charge in [-0.15, -0.1) is 0 Å². The van der Waals surface area contributed by atoms with Crippen molar-refractivity contribution in [1.29, 1.82) is 0 Å². The molecule has 0 saturated heterocycles. The Kier molecular flexibility index (Phi) is 70.5.